The van der Waals surface area contributed by atoms with Crippen LogP contribution in [0.5, 0.6) is 0 Å². The third kappa shape index (κ3) is 2.26. The fourth-order valence-corrected chi connectivity index (χ4v) is 0.691. The van der Waals surface area contributed by atoms with Gasteiger partial charge in [0.25, 0.3) is 5.91 Å². The quantitative estimate of drug-likeness (QED) is 0.339. The predicted octanol–water partition coefficient (Wildman–Crippen LogP) is -0.611. The summed E-state index contributed by atoms with van der Waals surface area (Å²) >= 11 is 0. The first-order valence-corrected chi connectivity index (χ1v) is 3.72. The Morgan fingerprint density at radius 3 is 3.14 bits per heavy atom. The summed E-state index contributed by atoms with van der Waals surface area (Å²) < 4.78 is 0. The van der Waals surface area contributed by atoms with E-state index >= 15 is 0 Å². The molecule has 1 amide bonds. The highest BCUT2D eigenvalue weighted by molar-refractivity contribution is 5.94. The third-order valence-corrected chi connectivity index (χ3v) is 1.36. The monoisotopic (exact) mass is 198 g/mol. The number of nitrogens with two attached hydrogens (primary N) is 1. The number of aliphatic hydroxyl groups excluding tert-OH is 1. The van der Waals surface area contributed by atoms with Gasteiger partial charge in [0, 0.05) is 7.05 Å². The molecule has 0 aromatic carbocycles. The van der Waals surface area contributed by atoms with Crippen molar-refractivity contribution in [2.75, 3.05) is 13.8 Å². The fraction of sp³-hybridized carbons (Fsp3) is 0.333. The first kappa shape index (κ1) is 10.1. The van der Waals surface area contributed by atoms with Gasteiger partial charge in [0.15, 0.2) is 5.69 Å². The lowest BCUT2D eigenvalue weighted by atomic mass is 10.4. The Balaban J connectivity index is 2.81. The summed E-state index contributed by atoms with van der Waals surface area (Å²) in [5, 5.41) is 16.9. The topological polar surface area (TPSA) is 120 Å². The van der Waals surface area contributed by atoms with Crippen LogP contribution in [0.15, 0.2) is 16.7 Å². The van der Waals surface area contributed by atoms with Crippen molar-refractivity contribution in [1.29, 1.82) is 0 Å². The molecule has 0 saturated heterocycles. The lowest BCUT2D eigenvalue weighted by Gasteiger charge is -2.03. The Labute approximate surface area is 79.4 Å². The van der Waals surface area contributed by atoms with Crippen molar-refractivity contribution in [2.45, 2.75) is 0 Å². The molecule has 76 valence electrons. The molecule has 8 heteroatoms. The molecular weight excluding hydrogens is 188 g/mol. The summed E-state index contributed by atoms with van der Waals surface area (Å²) in [5.41, 5.74) is 5.11. The van der Waals surface area contributed by atoms with Gasteiger partial charge < -0.3 is 15.8 Å². The van der Waals surface area contributed by atoms with Gasteiger partial charge in [-0.1, -0.05) is 5.22 Å². The zero-order chi connectivity index (χ0) is 10.6. The van der Waals surface area contributed by atoms with Crippen molar-refractivity contribution in [2.24, 2.45) is 16.1 Å². The molecule has 0 aliphatic carbocycles. The van der Waals surface area contributed by atoms with Gasteiger partial charge in [-0.05, 0) is 0 Å². The van der Waals surface area contributed by atoms with Crippen LogP contribution in [0, 0.1) is 0 Å². The Morgan fingerprint density at radius 2 is 2.57 bits per heavy atom. The first-order valence-electron chi connectivity index (χ1n) is 3.72. The minimum absolute atomic E-state index is 0.0834. The summed E-state index contributed by atoms with van der Waals surface area (Å²) in [6.45, 7) is -0.278. The van der Waals surface area contributed by atoms with Crippen molar-refractivity contribution in [3.63, 3.8) is 0 Å². The van der Waals surface area contributed by atoms with E-state index in [9.17, 15) is 4.79 Å². The molecular formula is C6H10N6O2. The van der Waals surface area contributed by atoms with Gasteiger partial charge in [0.1, 0.15) is 6.73 Å². The van der Waals surface area contributed by atoms with E-state index in [-0.39, 0.29) is 18.2 Å². The van der Waals surface area contributed by atoms with Crippen LogP contribution < -0.4 is 5.73 Å². The van der Waals surface area contributed by atoms with E-state index < -0.39 is 5.91 Å². The molecule has 0 spiro atoms. The number of H-pyrrole nitrogens is 1. The number of aromatic nitrogens is 2. The number of imidazole rings is 1. The van der Waals surface area contributed by atoms with Crippen molar-refractivity contribution in [1.82, 2.24) is 15.0 Å². The van der Waals surface area contributed by atoms with Crippen LogP contribution >= 0.6 is 0 Å². The average Bonchev–Trinajstić information content (AvgIpc) is 2.62. The van der Waals surface area contributed by atoms with Gasteiger partial charge in [-0.15, -0.1) is 5.11 Å². The minimum atomic E-state index is -0.664. The zero-order valence-corrected chi connectivity index (χ0v) is 7.51. The number of rotatable bonds is 4. The molecule has 8 nitrogen and oxygen atoms in total. The van der Waals surface area contributed by atoms with Gasteiger partial charge in [-0.25, -0.2) is 4.98 Å². The number of aliphatic hydroxyl groups is 1. The lowest BCUT2D eigenvalue weighted by molar-refractivity contribution is 0.0996. The van der Waals surface area contributed by atoms with Crippen LogP contribution in [-0.2, 0) is 0 Å². The molecule has 0 aliphatic rings. The van der Waals surface area contributed by atoms with Crippen LogP contribution in [0.2, 0.25) is 0 Å². The molecule has 1 aromatic heterocycles. The summed E-state index contributed by atoms with van der Waals surface area (Å²) in [4.78, 5) is 17.0. The normalized spacial score (nSPS) is 10.7. The van der Waals surface area contributed by atoms with E-state index in [4.69, 9.17) is 10.8 Å². The van der Waals surface area contributed by atoms with Gasteiger partial charge >= 0.3 is 0 Å². The largest absolute Gasteiger partial charge is 0.375 e. The van der Waals surface area contributed by atoms with Gasteiger partial charge in [0.2, 0.25) is 5.82 Å². The van der Waals surface area contributed by atoms with E-state index in [2.05, 4.69) is 20.3 Å². The van der Waals surface area contributed by atoms with Gasteiger partial charge in [0.05, 0.1) is 6.33 Å². The second-order valence-corrected chi connectivity index (χ2v) is 2.45. The number of amides is 1. The van der Waals surface area contributed by atoms with E-state index in [0.717, 1.165) is 0 Å². The maximum Gasteiger partial charge on any atom is 0.269 e. The fourth-order valence-electron chi connectivity index (χ4n) is 0.691. The van der Waals surface area contributed by atoms with Crippen molar-refractivity contribution < 1.29 is 9.90 Å². The molecule has 0 radical (unpaired) electrons. The summed E-state index contributed by atoms with van der Waals surface area (Å²) in [6, 6.07) is 0. The number of carbonyl (C=O) groups is 1. The highest BCUT2D eigenvalue weighted by Crippen LogP contribution is 2.12. The zero-order valence-electron chi connectivity index (χ0n) is 7.51. The van der Waals surface area contributed by atoms with Gasteiger partial charge in [-0.3, -0.25) is 9.80 Å². The smallest absolute Gasteiger partial charge is 0.269 e. The number of nitrogens with zero attached hydrogens (tertiary/aromatic N) is 4. The Morgan fingerprint density at radius 1 is 1.86 bits per heavy atom. The van der Waals surface area contributed by atoms with E-state index in [1.165, 1.54) is 18.4 Å². The highest BCUT2D eigenvalue weighted by atomic mass is 16.3. The average molecular weight is 198 g/mol. The molecule has 1 heterocycles. The van der Waals surface area contributed by atoms with Crippen LogP contribution in [-0.4, -0.2) is 39.8 Å². The number of primary amides is 1. The molecule has 0 unspecified atom stereocenters. The number of hydrogen-bond donors (Lipinski definition) is 3. The lowest BCUT2D eigenvalue weighted by Crippen LogP contribution is -2.12. The molecule has 14 heavy (non-hydrogen) atoms. The molecule has 0 aliphatic heterocycles. The van der Waals surface area contributed by atoms with Crippen LogP contribution in [0.4, 0.5) is 5.82 Å². The second-order valence-electron chi connectivity index (χ2n) is 2.45. The number of aromatic amines is 1. The van der Waals surface area contributed by atoms with Crippen molar-refractivity contribution in [3.05, 3.63) is 12.0 Å². The second kappa shape index (κ2) is 4.33. The number of carbonyl (C=O) groups excluding carboxylic acids is 1. The third-order valence-electron chi connectivity index (χ3n) is 1.36. The van der Waals surface area contributed by atoms with Crippen LogP contribution in [0.25, 0.3) is 0 Å². The molecule has 1 rings (SSSR count). The minimum Gasteiger partial charge on any atom is -0.375 e. The summed E-state index contributed by atoms with van der Waals surface area (Å²) in [7, 11) is 1.51. The van der Waals surface area contributed by atoms with Crippen LogP contribution in [0.3, 0.4) is 0 Å². The summed E-state index contributed by atoms with van der Waals surface area (Å²) in [5.74, 6) is -0.569. The molecule has 0 fully saturated rings. The molecule has 0 atom stereocenters. The van der Waals surface area contributed by atoms with Crippen molar-refractivity contribution in [3.8, 4) is 0 Å². The number of hydrogen-bond acceptors (Lipinski definition) is 5. The first-order chi connectivity index (χ1) is 6.65. The standard InChI is InChI=1S/C6H10N6O2/c1-12(3-13)11-10-6-4(5(7)14)8-2-9-6/h2,13H,3H2,1H3,(H2,7,14)(H,8,9)/b11-10+. The Bertz CT molecular complexity index is 346. The Kier molecular flexibility index (Phi) is 3.13. The molecule has 4 N–H and O–H groups in total. The van der Waals surface area contributed by atoms with Crippen molar-refractivity contribution >= 4 is 11.7 Å². The molecule has 0 saturated carbocycles. The predicted molar refractivity (Wildman–Crippen MR) is 46.5 cm³/mol. The summed E-state index contributed by atoms with van der Waals surface area (Å²) in [6.07, 6.45) is 1.29. The van der Waals surface area contributed by atoms with E-state index in [1.807, 2.05) is 0 Å². The SMILES string of the molecule is CN(CO)/N=N/c1nc[nH]c1C(N)=O. The Hall–Kier alpha value is -1.96. The number of nitrogens with one attached hydrogen (secondary N) is 1. The maximum atomic E-state index is 10.8. The molecule has 1 aromatic rings. The highest BCUT2D eigenvalue weighted by Gasteiger charge is 2.09. The molecule has 0 bridgehead atoms. The van der Waals surface area contributed by atoms with E-state index in [0.29, 0.717) is 0 Å². The maximum absolute atomic E-state index is 10.8. The van der Waals surface area contributed by atoms with E-state index in [1.54, 1.807) is 0 Å². The van der Waals surface area contributed by atoms with Crippen LogP contribution in [0.1, 0.15) is 10.5 Å². The van der Waals surface area contributed by atoms with Gasteiger partial charge in [-0.2, -0.15) is 0 Å².